The molecule has 0 spiro atoms. The maximum Gasteiger partial charge on any atom is 0.243 e. The molecule has 2 saturated heterocycles. The number of rotatable bonds is 8. The normalized spacial score (nSPS) is 23.3. The van der Waals surface area contributed by atoms with Crippen LogP contribution in [0, 0.1) is 5.92 Å². The molecule has 9 nitrogen and oxygen atoms in total. The van der Waals surface area contributed by atoms with Crippen LogP contribution in [0.25, 0.3) is 0 Å². The molecule has 5 N–H and O–H groups in total. The second-order valence-corrected chi connectivity index (χ2v) is 8.06. The molecule has 0 saturated carbocycles. The molecule has 0 bridgehead atoms. The van der Waals surface area contributed by atoms with E-state index in [1.54, 1.807) is 0 Å². The first-order chi connectivity index (χ1) is 13.3. The fourth-order valence-electron chi connectivity index (χ4n) is 3.80. The van der Waals surface area contributed by atoms with Crippen molar-refractivity contribution in [2.24, 2.45) is 11.7 Å². The zero-order valence-corrected chi connectivity index (χ0v) is 16.8. The SMILES string of the molecule is CC(C)C[C@H](NC(=O)[C@@H]1CCCN1)C(=O)NCC(=O)N1CCCC[C@H]1C(N)=O. The van der Waals surface area contributed by atoms with E-state index in [4.69, 9.17) is 5.73 Å². The number of hydrogen-bond acceptors (Lipinski definition) is 5. The highest BCUT2D eigenvalue weighted by molar-refractivity contribution is 5.93. The standard InChI is InChI=1S/C19H33N5O4/c1-12(2)10-14(23-19(28)13-6-5-8-21-13)18(27)22-11-16(25)24-9-4-3-7-15(24)17(20)26/h12-15,21H,3-11H2,1-2H3,(H2,20,26)(H,22,27)(H,23,28)/t13-,14-,15-/m0/s1. The van der Waals surface area contributed by atoms with Crippen molar-refractivity contribution < 1.29 is 19.2 Å². The van der Waals surface area contributed by atoms with Gasteiger partial charge in [-0.05, 0) is 51.0 Å². The number of piperidine rings is 1. The smallest absolute Gasteiger partial charge is 0.243 e. The van der Waals surface area contributed by atoms with Crippen molar-refractivity contribution >= 4 is 23.6 Å². The second-order valence-electron chi connectivity index (χ2n) is 8.06. The van der Waals surface area contributed by atoms with Crippen LogP contribution in [0.4, 0.5) is 0 Å². The van der Waals surface area contributed by atoms with Gasteiger partial charge in [0.1, 0.15) is 12.1 Å². The van der Waals surface area contributed by atoms with Gasteiger partial charge in [-0.3, -0.25) is 19.2 Å². The number of carbonyl (C=O) groups excluding carboxylic acids is 4. The molecule has 2 fully saturated rings. The number of nitrogens with zero attached hydrogens (tertiary/aromatic N) is 1. The molecule has 2 aliphatic rings. The molecule has 2 aliphatic heterocycles. The van der Waals surface area contributed by atoms with Crippen LogP contribution in [-0.2, 0) is 19.2 Å². The quantitative estimate of drug-likeness (QED) is 0.429. The van der Waals surface area contributed by atoms with Crippen LogP contribution in [0.15, 0.2) is 0 Å². The first-order valence-electron chi connectivity index (χ1n) is 10.2. The molecular weight excluding hydrogens is 362 g/mol. The Bertz CT molecular complexity index is 589. The van der Waals surface area contributed by atoms with Crippen LogP contribution in [0.1, 0.15) is 52.4 Å². The number of likely N-dealkylation sites (tertiary alicyclic amines) is 1. The topological polar surface area (TPSA) is 134 Å². The van der Waals surface area contributed by atoms with Gasteiger partial charge < -0.3 is 26.6 Å². The Labute approximate surface area is 166 Å². The van der Waals surface area contributed by atoms with Crippen LogP contribution >= 0.6 is 0 Å². The van der Waals surface area contributed by atoms with Crippen molar-refractivity contribution in [2.45, 2.75) is 70.5 Å². The summed E-state index contributed by atoms with van der Waals surface area (Å²) >= 11 is 0. The summed E-state index contributed by atoms with van der Waals surface area (Å²) in [7, 11) is 0. The molecule has 0 aromatic rings. The van der Waals surface area contributed by atoms with Gasteiger partial charge in [0.15, 0.2) is 0 Å². The summed E-state index contributed by atoms with van der Waals surface area (Å²) < 4.78 is 0. The molecule has 2 heterocycles. The van der Waals surface area contributed by atoms with Gasteiger partial charge in [-0.1, -0.05) is 13.8 Å². The Balaban J connectivity index is 1.91. The average Bonchev–Trinajstić information content (AvgIpc) is 3.19. The van der Waals surface area contributed by atoms with Crippen molar-refractivity contribution in [3.05, 3.63) is 0 Å². The van der Waals surface area contributed by atoms with Crippen molar-refractivity contribution in [1.82, 2.24) is 20.9 Å². The highest BCUT2D eigenvalue weighted by Crippen LogP contribution is 2.16. The molecule has 4 amide bonds. The molecular formula is C19H33N5O4. The minimum absolute atomic E-state index is 0.186. The molecule has 0 aromatic carbocycles. The predicted octanol–water partition coefficient (Wildman–Crippen LogP) is -0.748. The number of amides is 4. The molecule has 0 aliphatic carbocycles. The number of carbonyl (C=O) groups is 4. The average molecular weight is 396 g/mol. The summed E-state index contributed by atoms with van der Waals surface area (Å²) in [5.74, 6) is -1.22. The number of nitrogens with two attached hydrogens (primary N) is 1. The maximum absolute atomic E-state index is 12.6. The lowest BCUT2D eigenvalue weighted by Crippen LogP contribution is -2.55. The van der Waals surface area contributed by atoms with Gasteiger partial charge >= 0.3 is 0 Å². The van der Waals surface area contributed by atoms with E-state index >= 15 is 0 Å². The minimum atomic E-state index is -0.698. The van der Waals surface area contributed by atoms with Crippen LogP contribution in [-0.4, -0.2) is 66.3 Å². The lowest BCUT2D eigenvalue weighted by molar-refractivity contribution is -0.141. The molecule has 28 heavy (non-hydrogen) atoms. The zero-order chi connectivity index (χ0) is 20.7. The third kappa shape index (κ3) is 6.19. The van der Waals surface area contributed by atoms with Gasteiger partial charge in [0.05, 0.1) is 12.6 Å². The summed E-state index contributed by atoms with van der Waals surface area (Å²) in [6, 6.07) is -1.58. The lowest BCUT2D eigenvalue weighted by atomic mass is 10.0. The summed E-state index contributed by atoms with van der Waals surface area (Å²) in [5.41, 5.74) is 5.40. The highest BCUT2D eigenvalue weighted by atomic mass is 16.2. The van der Waals surface area contributed by atoms with Gasteiger partial charge in [0.2, 0.25) is 23.6 Å². The Morgan fingerprint density at radius 2 is 1.89 bits per heavy atom. The van der Waals surface area contributed by atoms with Crippen molar-refractivity contribution in [3.63, 3.8) is 0 Å². The van der Waals surface area contributed by atoms with Gasteiger partial charge in [-0.25, -0.2) is 0 Å². The molecule has 9 heteroatoms. The van der Waals surface area contributed by atoms with E-state index in [2.05, 4.69) is 16.0 Å². The zero-order valence-electron chi connectivity index (χ0n) is 16.8. The van der Waals surface area contributed by atoms with E-state index in [0.717, 1.165) is 32.2 Å². The van der Waals surface area contributed by atoms with E-state index < -0.39 is 18.0 Å². The van der Waals surface area contributed by atoms with Gasteiger partial charge in [0.25, 0.3) is 0 Å². The second kappa shape index (κ2) is 10.4. The Kier molecular flexibility index (Phi) is 8.22. The highest BCUT2D eigenvalue weighted by Gasteiger charge is 2.32. The van der Waals surface area contributed by atoms with E-state index in [1.165, 1.54) is 4.90 Å². The third-order valence-electron chi connectivity index (χ3n) is 5.28. The van der Waals surface area contributed by atoms with Crippen molar-refractivity contribution in [3.8, 4) is 0 Å². The maximum atomic E-state index is 12.6. The van der Waals surface area contributed by atoms with E-state index in [-0.39, 0.29) is 36.2 Å². The fourth-order valence-corrected chi connectivity index (χ4v) is 3.80. The van der Waals surface area contributed by atoms with E-state index in [1.807, 2.05) is 13.8 Å². The van der Waals surface area contributed by atoms with Crippen LogP contribution < -0.4 is 21.7 Å². The first kappa shape index (κ1) is 22.1. The number of primary amides is 1. The summed E-state index contributed by atoms with van der Waals surface area (Å²) in [4.78, 5) is 50.5. The van der Waals surface area contributed by atoms with E-state index in [0.29, 0.717) is 19.4 Å². The van der Waals surface area contributed by atoms with Crippen LogP contribution in [0.3, 0.4) is 0 Å². The molecule has 0 unspecified atom stereocenters. The largest absolute Gasteiger partial charge is 0.368 e. The van der Waals surface area contributed by atoms with Crippen LogP contribution in [0.2, 0.25) is 0 Å². The third-order valence-corrected chi connectivity index (χ3v) is 5.28. The summed E-state index contributed by atoms with van der Waals surface area (Å²) in [6.45, 7) is 4.98. The molecule has 2 rings (SSSR count). The Morgan fingerprint density at radius 1 is 1.14 bits per heavy atom. The predicted molar refractivity (Wildman–Crippen MR) is 104 cm³/mol. The van der Waals surface area contributed by atoms with Crippen LogP contribution in [0.5, 0.6) is 0 Å². The minimum Gasteiger partial charge on any atom is -0.368 e. The Morgan fingerprint density at radius 3 is 2.50 bits per heavy atom. The van der Waals surface area contributed by atoms with Gasteiger partial charge in [-0.2, -0.15) is 0 Å². The summed E-state index contributed by atoms with van der Waals surface area (Å²) in [5, 5.41) is 8.55. The van der Waals surface area contributed by atoms with Gasteiger partial charge in [-0.15, -0.1) is 0 Å². The molecule has 0 aromatic heterocycles. The Hall–Kier alpha value is -2.16. The van der Waals surface area contributed by atoms with E-state index in [9.17, 15) is 19.2 Å². The number of hydrogen-bond donors (Lipinski definition) is 4. The first-order valence-corrected chi connectivity index (χ1v) is 10.2. The van der Waals surface area contributed by atoms with Gasteiger partial charge in [0, 0.05) is 6.54 Å². The van der Waals surface area contributed by atoms with Crippen molar-refractivity contribution in [1.29, 1.82) is 0 Å². The monoisotopic (exact) mass is 395 g/mol. The summed E-state index contributed by atoms with van der Waals surface area (Å²) in [6.07, 6.45) is 4.38. The molecule has 0 radical (unpaired) electrons. The lowest BCUT2D eigenvalue weighted by Gasteiger charge is -2.33. The molecule has 158 valence electrons. The van der Waals surface area contributed by atoms with Crippen molar-refractivity contribution in [2.75, 3.05) is 19.6 Å². The molecule has 3 atom stereocenters. The fraction of sp³-hybridized carbons (Fsp3) is 0.789. The number of nitrogens with one attached hydrogen (secondary N) is 3.